The molecule has 1 unspecified atom stereocenters. The Labute approximate surface area is 133 Å². The van der Waals surface area contributed by atoms with Gasteiger partial charge >= 0.3 is 5.97 Å². The van der Waals surface area contributed by atoms with Gasteiger partial charge in [0.2, 0.25) is 0 Å². The van der Waals surface area contributed by atoms with E-state index in [2.05, 4.69) is 15.9 Å². The Balaban J connectivity index is 2.41. The number of aliphatic carboxylic acids is 1. The first kappa shape index (κ1) is 16.0. The summed E-state index contributed by atoms with van der Waals surface area (Å²) >= 11 is 3.39. The van der Waals surface area contributed by atoms with Crippen molar-refractivity contribution in [3.8, 4) is 0 Å². The first-order chi connectivity index (χ1) is 9.74. The Bertz CT molecular complexity index is 583. The molecule has 0 aliphatic carbocycles. The quantitative estimate of drug-likeness (QED) is 0.885. The van der Waals surface area contributed by atoms with Crippen molar-refractivity contribution >= 4 is 27.8 Å². The molecule has 1 saturated heterocycles. The highest BCUT2D eigenvalue weighted by atomic mass is 79.9. The van der Waals surface area contributed by atoms with Gasteiger partial charge in [0.05, 0.1) is 5.56 Å². The van der Waals surface area contributed by atoms with Gasteiger partial charge in [-0.2, -0.15) is 0 Å². The largest absolute Gasteiger partial charge is 0.480 e. The Morgan fingerprint density at radius 1 is 1.38 bits per heavy atom. The van der Waals surface area contributed by atoms with Crippen LogP contribution in [-0.4, -0.2) is 34.5 Å². The molecule has 0 radical (unpaired) electrons. The van der Waals surface area contributed by atoms with Gasteiger partial charge in [0.15, 0.2) is 0 Å². The summed E-state index contributed by atoms with van der Waals surface area (Å²) in [7, 11) is 0. The third-order valence-electron chi connectivity index (χ3n) is 4.12. The maximum atomic E-state index is 12.8. The average molecular weight is 354 g/mol. The summed E-state index contributed by atoms with van der Waals surface area (Å²) in [5.41, 5.74) is 1.08. The maximum absolute atomic E-state index is 12.8. The van der Waals surface area contributed by atoms with E-state index in [4.69, 9.17) is 0 Å². The summed E-state index contributed by atoms with van der Waals surface area (Å²) in [4.78, 5) is 26.0. The van der Waals surface area contributed by atoms with E-state index in [9.17, 15) is 14.7 Å². The summed E-state index contributed by atoms with van der Waals surface area (Å²) < 4.78 is 0.700. The predicted molar refractivity (Wildman–Crippen MR) is 84.4 cm³/mol. The highest BCUT2D eigenvalue weighted by Crippen LogP contribution is 2.36. The summed E-state index contributed by atoms with van der Waals surface area (Å²) in [6.45, 7) is 6.23. The number of piperidine rings is 1. The van der Waals surface area contributed by atoms with E-state index in [1.54, 1.807) is 6.07 Å². The number of nitrogens with zero attached hydrogens (tertiary/aromatic N) is 1. The number of carboxylic acids is 1. The van der Waals surface area contributed by atoms with E-state index < -0.39 is 17.4 Å². The van der Waals surface area contributed by atoms with E-state index >= 15 is 0 Å². The Morgan fingerprint density at radius 2 is 2.05 bits per heavy atom. The Hall–Kier alpha value is -1.36. The van der Waals surface area contributed by atoms with Crippen LogP contribution in [0.15, 0.2) is 22.7 Å². The number of carbonyl (C=O) groups is 2. The summed E-state index contributed by atoms with van der Waals surface area (Å²) in [5.74, 6) is -1.15. The van der Waals surface area contributed by atoms with Crippen molar-refractivity contribution in [1.82, 2.24) is 4.90 Å². The summed E-state index contributed by atoms with van der Waals surface area (Å²) in [6.07, 6.45) is 1.63. The number of likely N-dealkylation sites (tertiary alicyclic amines) is 1. The molecule has 0 bridgehead atoms. The van der Waals surface area contributed by atoms with Crippen LogP contribution >= 0.6 is 15.9 Å². The van der Waals surface area contributed by atoms with Gasteiger partial charge in [-0.25, -0.2) is 4.79 Å². The normalized spacial score (nSPS) is 21.1. The molecule has 1 aliphatic heterocycles. The molecule has 1 aliphatic rings. The molecule has 1 N–H and O–H groups in total. The average Bonchev–Trinajstić information content (AvgIpc) is 2.38. The molecular formula is C16H20BrNO3. The fourth-order valence-corrected chi connectivity index (χ4v) is 3.45. The molecule has 1 aromatic rings. The van der Waals surface area contributed by atoms with Crippen molar-refractivity contribution < 1.29 is 14.7 Å². The lowest BCUT2D eigenvalue weighted by Crippen LogP contribution is -2.56. The minimum absolute atomic E-state index is 0.217. The maximum Gasteiger partial charge on any atom is 0.326 e. The molecule has 0 saturated carbocycles. The standard InChI is InChI=1S/C16H20BrNO3/c1-10-5-6-12(17)11(9-10)14(19)18-8-4-7-16(2,3)13(18)15(20)21/h5-6,9,13H,4,7-8H2,1-3H3,(H,20,21). The number of benzene rings is 1. The monoisotopic (exact) mass is 353 g/mol. The molecule has 21 heavy (non-hydrogen) atoms. The topological polar surface area (TPSA) is 57.6 Å². The van der Waals surface area contributed by atoms with Gasteiger partial charge in [-0.15, -0.1) is 0 Å². The Morgan fingerprint density at radius 3 is 2.67 bits per heavy atom. The lowest BCUT2D eigenvalue weighted by atomic mass is 9.76. The van der Waals surface area contributed by atoms with Crippen LogP contribution in [0.2, 0.25) is 0 Å². The lowest BCUT2D eigenvalue weighted by Gasteiger charge is -2.44. The number of carboxylic acid groups (broad SMARTS) is 1. The minimum Gasteiger partial charge on any atom is -0.480 e. The van der Waals surface area contributed by atoms with Gasteiger partial charge in [0.25, 0.3) is 5.91 Å². The fraction of sp³-hybridized carbons (Fsp3) is 0.500. The molecule has 1 aromatic carbocycles. The first-order valence-electron chi connectivity index (χ1n) is 7.04. The van der Waals surface area contributed by atoms with Crippen LogP contribution in [0.3, 0.4) is 0 Å². The molecular weight excluding hydrogens is 334 g/mol. The zero-order chi connectivity index (χ0) is 15.8. The Kier molecular flexibility index (Phi) is 4.42. The van der Waals surface area contributed by atoms with Crippen LogP contribution in [0.1, 0.15) is 42.6 Å². The molecule has 0 spiro atoms. The van der Waals surface area contributed by atoms with Crippen molar-refractivity contribution in [2.45, 2.75) is 39.7 Å². The smallest absolute Gasteiger partial charge is 0.326 e. The third kappa shape index (κ3) is 3.12. The SMILES string of the molecule is Cc1ccc(Br)c(C(=O)N2CCCC(C)(C)C2C(=O)O)c1. The second-order valence-electron chi connectivity index (χ2n) is 6.31. The van der Waals surface area contributed by atoms with E-state index in [-0.39, 0.29) is 5.91 Å². The van der Waals surface area contributed by atoms with Crippen LogP contribution in [0, 0.1) is 12.3 Å². The van der Waals surface area contributed by atoms with E-state index in [0.29, 0.717) is 16.6 Å². The molecule has 2 rings (SSSR count). The van der Waals surface area contributed by atoms with E-state index in [0.717, 1.165) is 18.4 Å². The molecule has 4 nitrogen and oxygen atoms in total. The van der Waals surface area contributed by atoms with Crippen molar-refractivity contribution in [3.05, 3.63) is 33.8 Å². The van der Waals surface area contributed by atoms with Gasteiger partial charge in [-0.3, -0.25) is 4.79 Å². The lowest BCUT2D eigenvalue weighted by molar-refractivity contribution is -0.148. The molecule has 1 amide bonds. The highest BCUT2D eigenvalue weighted by Gasteiger charge is 2.44. The van der Waals surface area contributed by atoms with Gasteiger partial charge in [0.1, 0.15) is 6.04 Å². The molecule has 0 aromatic heterocycles. The number of rotatable bonds is 2. The minimum atomic E-state index is -0.933. The number of amides is 1. The second-order valence-corrected chi connectivity index (χ2v) is 7.17. The number of aryl methyl sites for hydroxylation is 1. The molecule has 1 atom stereocenters. The number of carbonyl (C=O) groups excluding carboxylic acids is 1. The third-order valence-corrected chi connectivity index (χ3v) is 4.81. The van der Waals surface area contributed by atoms with Crippen molar-refractivity contribution in [3.63, 3.8) is 0 Å². The zero-order valence-electron chi connectivity index (χ0n) is 12.5. The van der Waals surface area contributed by atoms with Gasteiger partial charge in [0, 0.05) is 11.0 Å². The van der Waals surface area contributed by atoms with Crippen LogP contribution < -0.4 is 0 Å². The van der Waals surface area contributed by atoms with Crippen molar-refractivity contribution in [2.75, 3.05) is 6.54 Å². The summed E-state index contributed by atoms with van der Waals surface area (Å²) in [5, 5.41) is 9.56. The predicted octanol–water partition coefficient (Wildman–Crippen LogP) is 3.47. The molecule has 1 fully saturated rings. The van der Waals surface area contributed by atoms with Crippen molar-refractivity contribution in [2.24, 2.45) is 5.41 Å². The molecule has 114 valence electrons. The molecule has 1 heterocycles. The highest BCUT2D eigenvalue weighted by molar-refractivity contribution is 9.10. The first-order valence-corrected chi connectivity index (χ1v) is 7.83. The van der Waals surface area contributed by atoms with Gasteiger partial charge in [-0.05, 0) is 53.2 Å². The van der Waals surface area contributed by atoms with Gasteiger partial charge in [-0.1, -0.05) is 25.5 Å². The van der Waals surface area contributed by atoms with E-state index in [1.807, 2.05) is 32.9 Å². The number of halogens is 1. The van der Waals surface area contributed by atoms with E-state index in [1.165, 1.54) is 4.90 Å². The van der Waals surface area contributed by atoms with Crippen LogP contribution in [0.5, 0.6) is 0 Å². The van der Waals surface area contributed by atoms with Crippen LogP contribution in [0.4, 0.5) is 0 Å². The number of hydrogen-bond donors (Lipinski definition) is 1. The van der Waals surface area contributed by atoms with Crippen LogP contribution in [-0.2, 0) is 4.79 Å². The molecule has 5 heteroatoms. The van der Waals surface area contributed by atoms with Gasteiger partial charge < -0.3 is 10.0 Å². The van der Waals surface area contributed by atoms with Crippen LogP contribution in [0.25, 0.3) is 0 Å². The van der Waals surface area contributed by atoms with Crippen molar-refractivity contribution in [1.29, 1.82) is 0 Å². The summed E-state index contributed by atoms with van der Waals surface area (Å²) in [6, 6.07) is 4.75. The zero-order valence-corrected chi connectivity index (χ0v) is 14.1. The number of hydrogen-bond acceptors (Lipinski definition) is 2. The fourth-order valence-electron chi connectivity index (χ4n) is 3.04. The second kappa shape index (κ2) is 5.79.